The van der Waals surface area contributed by atoms with Gasteiger partial charge in [0.05, 0.1) is 0 Å². The van der Waals surface area contributed by atoms with Crippen LogP contribution in [-0.2, 0) is 28.6 Å². The minimum absolute atomic E-state index is 0.0853. The van der Waals surface area contributed by atoms with E-state index in [1.165, 1.54) is 193 Å². The Kier molecular flexibility index (Phi) is 63.2. The zero-order valence-electron chi connectivity index (χ0n) is 51.7. The van der Waals surface area contributed by atoms with Crippen molar-refractivity contribution in [2.75, 3.05) is 13.2 Å². The fraction of sp³-hybridized carbons (Fsp3) is 0.764. The minimum Gasteiger partial charge on any atom is -0.462 e. The molecule has 1 unspecified atom stereocenters. The molecular formula is C72H126O6. The summed E-state index contributed by atoms with van der Waals surface area (Å²) in [6.45, 7) is 6.62. The molecule has 0 N–H and O–H groups in total. The molecule has 6 heteroatoms. The highest BCUT2D eigenvalue weighted by atomic mass is 16.6. The molecule has 0 saturated carbocycles. The van der Waals surface area contributed by atoms with Crippen LogP contribution in [0.1, 0.15) is 335 Å². The molecule has 6 nitrogen and oxygen atoms in total. The molecule has 0 bridgehead atoms. The first-order valence-electron chi connectivity index (χ1n) is 33.6. The second kappa shape index (κ2) is 66.1. The van der Waals surface area contributed by atoms with Gasteiger partial charge in [0.15, 0.2) is 6.10 Å². The third-order valence-electron chi connectivity index (χ3n) is 14.6. The molecular weight excluding hydrogens is 961 g/mol. The molecule has 1 atom stereocenters. The van der Waals surface area contributed by atoms with Crippen molar-refractivity contribution in [3.05, 3.63) is 85.1 Å². The van der Waals surface area contributed by atoms with Crippen molar-refractivity contribution < 1.29 is 28.6 Å². The molecule has 0 saturated heterocycles. The lowest BCUT2D eigenvalue weighted by Crippen LogP contribution is -2.30. The van der Waals surface area contributed by atoms with Crippen LogP contribution in [0.4, 0.5) is 0 Å². The van der Waals surface area contributed by atoms with E-state index in [0.29, 0.717) is 19.3 Å². The molecule has 0 aliphatic carbocycles. The molecule has 0 amide bonds. The minimum atomic E-state index is -0.789. The molecule has 0 radical (unpaired) electrons. The van der Waals surface area contributed by atoms with Crippen molar-refractivity contribution in [3.8, 4) is 0 Å². The van der Waals surface area contributed by atoms with Crippen LogP contribution >= 0.6 is 0 Å². The van der Waals surface area contributed by atoms with E-state index in [1.54, 1.807) is 0 Å². The number of hydrogen-bond donors (Lipinski definition) is 0. The highest BCUT2D eigenvalue weighted by Crippen LogP contribution is 2.16. The second-order valence-electron chi connectivity index (χ2n) is 22.4. The van der Waals surface area contributed by atoms with Gasteiger partial charge in [-0.3, -0.25) is 14.4 Å². The highest BCUT2D eigenvalue weighted by Gasteiger charge is 2.19. The van der Waals surface area contributed by atoms with Gasteiger partial charge in [-0.25, -0.2) is 0 Å². The lowest BCUT2D eigenvalue weighted by atomic mass is 10.1. The molecule has 0 fully saturated rings. The van der Waals surface area contributed by atoms with Crippen LogP contribution in [-0.4, -0.2) is 37.2 Å². The Hall–Kier alpha value is -3.41. The summed E-state index contributed by atoms with van der Waals surface area (Å²) in [6.07, 6.45) is 87.3. The van der Waals surface area contributed by atoms with E-state index in [4.69, 9.17) is 14.2 Å². The SMILES string of the molecule is CCCCCCC/C=C\C/C=C\C/C=C\CCCCCCCCCCC(=O)OCC(COC(=O)CCCCCCC/C=C\CCCCCCC)OC(=O)CCCCCCCCCC/C=C\C/C=C\C/C=C\CCCCCCC. The summed E-state index contributed by atoms with van der Waals surface area (Å²) >= 11 is 0. The maximum Gasteiger partial charge on any atom is 0.306 e. The first-order chi connectivity index (χ1) is 38.5. The predicted molar refractivity (Wildman–Crippen MR) is 339 cm³/mol. The van der Waals surface area contributed by atoms with E-state index >= 15 is 0 Å². The third kappa shape index (κ3) is 63.4. The number of carbonyl (C=O) groups is 3. The number of hydrogen-bond acceptors (Lipinski definition) is 6. The van der Waals surface area contributed by atoms with E-state index in [1.807, 2.05) is 0 Å². The maximum absolute atomic E-state index is 12.9. The Morgan fingerprint density at radius 1 is 0.256 bits per heavy atom. The number of ether oxygens (including phenoxy) is 3. The van der Waals surface area contributed by atoms with Gasteiger partial charge in [0.1, 0.15) is 13.2 Å². The number of carbonyl (C=O) groups excluding carboxylic acids is 3. The van der Waals surface area contributed by atoms with Gasteiger partial charge in [0.25, 0.3) is 0 Å². The van der Waals surface area contributed by atoms with Crippen molar-refractivity contribution in [1.82, 2.24) is 0 Å². The van der Waals surface area contributed by atoms with Crippen molar-refractivity contribution in [2.45, 2.75) is 341 Å². The van der Waals surface area contributed by atoms with Crippen molar-refractivity contribution in [1.29, 1.82) is 0 Å². The van der Waals surface area contributed by atoms with Crippen LogP contribution in [0.2, 0.25) is 0 Å². The number of rotatable bonds is 61. The van der Waals surface area contributed by atoms with Gasteiger partial charge < -0.3 is 14.2 Å². The smallest absolute Gasteiger partial charge is 0.306 e. The molecule has 0 heterocycles. The predicted octanol–water partition coefficient (Wildman–Crippen LogP) is 23.1. The fourth-order valence-electron chi connectivity index (χ4n) is 9.51. The summed E-state index contributed by atoms with van der Waals surface area (Å²) < 4.78 is 16.9. The zero-order chi connectivity index (χ0) is 56.4. The number of allylic oxidation sites excluding steroid dienone is 14. The van der Waals surface area contributed by atoms with E-state index in [0.717, 1.165) is 103 Å². The van der Waals surface area contributed by atoms with Gasteiger partial charge in [-0.05, 0) is 122 Å². The van der Waals surface area contributed by atoms with Crippen molar-refractivity contribution >= 4 is 17.9 Å². The van der Waals surface area contributed by atoms with Crippen LogP contribution in [0, 0.1) is 0 Å². The molecule has 0 spiro atoms. The Morgan fingerprint density at radius 3 is 0.731 bits per heavy atom. The van der Waals surface area contributed by atoms with Crippen molar-refractivity contribution in [3.63, 3.8) is 0 Å². The van der Waals surface area contributed by atoms with E-state index in [-0.39, 0.29) is 31.1 Å². The zero-order valence-corrected chi connectivity index (χ0v) is 51.7. The summed E-state index contributed by atoms with van der Waals surface area (Å²) in [5.74, 6) is -0.894. The molecule has 78 heavy (non-hydrogen) atoms. The molecule has 0 aromatic rings. The van der Waals surface area contributed by atoms with E-state index < -0.39 is 6.10 Å². The number of unbranched alkanes of at least 4 members (excludes halogenated alkanes) is 36. The quantitative estimate of drug-likeness (QED) is 0.0261. The topological polar surface area (TPSA) is 78.9 Å². The van der Waals surface area contributed by atoms with Gasteiger partial charge in [0.2, 0.25) is 0 Å². The summed E-state index contributed by atoms with van der Waals surface area (Å²) in [6, 6.07) is 0. The average Bonchev–Trinajstić information content (AvgIpc) is 3.44. The van der Waals surface area contributed by atoms with Gasteiger partial charge in [-0.15, -0.1) is 0 Å². The van der Waals surface area contributed by atoms with Crippen LogP contribution < -0.4 is 0 Å². The van der Waals surface area contributed by atoms with Crippen LogP contribution in [0.3, 0.4) is 0 Å². The Bertz CT molecular complexity index is 1480. The largest absolute Gasteiger partial charge is 0.462 e. The maximum atomic E-state index is 12.9. The Labute approximate surface area is 484 Å². The first-order valence-corrected chi connectivity index (χ1v) is 33.6. The fourth-order valence-corrected chi connectivity index (χ4v) is 9.51. The van der Waals surface area contributed by atoms with Crippen LogP contribution in [0.15, 0.2) is 85.1 Å². The molecule has 0 aromatic heterocycles. The molecule has 0 rings (SSSR count). The standard InChI is InChI=1S/C72H126O6/c1-4-7-10-13-16-19-22-25-28-30-32-34-36-38-40-42-44-47-50-53-56-59-62-65-71(74)77-68-69(67-76-70(73)64-61-58-55-52-49-46-27-24-21-18-15-12-9-6-3)78-72(75)66-63-60-57-54-51-48-45-43-41-39-37-35-33-31-29-26-23-20-17-14-11-8-5-2/h22-27,30-33,36-39,69H,4-21,28-29,34-35,40-68H2,1-3H3/b25-22-,26-23-,27-24-,32-30-,33-31-,38-36-,39-37-. The van der Waals surface area contributed by atoms with Crippen LogP contribution in [0.5, 0.6) is 0 Å². The highest BCUT2D eigenvalue weighted by molar-refractivity contribution is 5.71. The monoisotopic (exact) mass is 1090 g/mol. The van der Waals surface area contributed by atoms with E-state index in [9.17, 15) is 14.4 Å². The van der Waals surface area contributed by atoms with Gasteiger partial charge in [-0.2, -0.15) is 0 Å². The summed E-state index contributed by atoms with van der Waals surface area (Å²) in [7, 11) is 0. The van der Waals surface area contributed by atoms with Gasteiger partial charge in [0, 0.05) is 19.3 Å². The van der Waals surface area contributed by atoms with Crippen LogP contribution in [0.25, 0.3) is 0 Å². The summed E-state index contributed by atoms with van der Waals surface area (Å²) in [5, 5.41) is 0. The second-order valence-corrected chi connectivity index (χ2v) is 22.4. The number of esters is 3. The lowest BCUT2D eigenvalue weighted by molar-refractivity contribution is -0.167. The molecule has 450 valence electrons. The summed E-state index contributed by atoms with van der Waals surface area (Å²) in [5.41, 5.74) is 0. The normalized spacial score (nSPS) is 12.6. The molecule has 0 aliphatic heterocycles. The third-order valence-corrected chi connectivity index (χ3v) is 14.6. The van der Waals surface area contributed by atoms with E-state index in [2.05, 4.69) is 106 Å². The Balaban J connectivity index is 4.37. The van der Waals surface area contributed by atoms with Gasteiger partial charge in [-0.1, -0.05) is 279 Å². The summed E-state index contributed by atoms with van der Waals surface area (Å²) in [4.78, 5) is 38.4. The van der Waals surface area contributed by atoms with Gasteiger partial charge >= 0.3 is 17.9 Å². The molecule has 0 aliphatic rings. The Morgan fingerprint density at radius 2 is 0.462 bits per heavy atom. The average molecular weight is 1090 g/mol. The molecule has 0 aromatic carbocycles. The lowest BCUT2D eigenvalue weighted by Gasteiger charge is -2.18. The van der Waals surface area contributed by atoms with Crippen molar-refractivity contribution in [2.24, 2.45) is 0 Å². The first kappa shape index (κ1) is 74.6.